The SMILES string of the molecule is COc1cc(-c2nc3ccccc3s2)cc(CN2Cc3cccc(n3)C[N-]Cc3cccc(n3)C2)c1O.[Cu+2]. The summed E-state index contributed by atoms with van der Waals surface area (Å²) < 4.78 is 6.69. The average molecular weight is 572 g/mol. The predicted octanol–water partition coefficient (Wildman–Crippen LogP) is 6.05. The first-order valence-corrected chi connectivity index (χ1v) is 13.0. The van der Waals surface area contributed by atoms with Gasteiger partial charge in [-0.2, -0.15) is 0 Å². The second-order valence-electron chi connectivity index (χ2n) is 9.10. The molecule has 0 saturated heterocycles. The molecule has 9 heteroatoms. The van der Waals surface area contributed by atoms with Gasteiger partial charge in [0.2, 0.25) is 0 Å². The van der Waals surface area contributed by atoms with Crippen LogP contribution in [0.15, 0.2) is 72.8 Å². The van der Waals surface area contributed by atoms with Gasteiger partial charge in [0.15, 0.2) is 11.5 Å². The molecule has 2 aromatic carbocycles. The number of benzene rings is 2. The zero-order chi connectivity index (χ0) is 25.2. The summed E-state index contributed by atoms with van der Waals surface area (Å²) in [5.41, 5.74) is 6.44. The molecule has 1 aliphatic rings. The molecule has 6 rings (SSSR count). The van der Waals surface area contributed by atoms with Gasteiger partial charge in [0.25, 0.3) is 0 Å². The number of nitrogens with zero attached hydrogens (tertiary/aromatic N) is 5. The number of aromatic hydroxyl groups is 1. The number of aromatic nitrogens is 3. The van der Waals surface area contributed by atoms with Crippen molar-refractivity contribution >= 4 is 21.6 Å². The van der Waals surface area contributed by atoms with Gasteiger partial charge in [-0.05, 0) is 48.5 Å². The molecule has 4 bridgehead atoms. The van der Waals surface area contributed by atoms with Crippen molar-refractivity contribution in [2.24, 2.45) is 0 Å². The van der Waals surface area contributed by atoms with Crippen LogP contribution in [0.1, 0.15) is 28.3 Å². The van der Waals surface area contributed by atoms with E-state index in [1.807, 2.05) is 66.7 Å². The minimum Gasteiger partial charge on any atom is -0.652 e. The Bertz CT molecular complexity index is 1490. The van der Waals surface area contributed by atoms with Crippen LogP contribution in [0.4, 0.5) is 0 Å². The van der Waals surface area contributed by atoms with Crippen molar-refractivity contribution in [2.75, 3.05) is 7.11 Å². The van der Waals surface area contributed by atoms with Crippen LogP contribution < -0.4 is 4.74 Å². The van der Waals surface area contributed by atoms with Crippen LogP contribution in [-0.2, 0) is 49.8 Å². The maximum absolute atomic E-state index is 11.1. The van der Waals surface area contributed by atoms with Crippen LogP contribution in [0.3, 0.4) is 0 Å². The topological polar surface area (TPSA) is 85.5 Å². The zero-order valence-corrected chi connectivity index (χ0v) is 22.5. The number of phenolic OH excluding ortho intramolecular Hbond substituents is 1. The molecule has 5 aromatic rings. The van der Waals surface area contributed by atoms with Crippen molar-refractivity contribution in [3.05, 3.63) is 106 Å². The fraction of sp³-hybridized carbons (Fsp3) is 0.207. The first-order chi connectivity index (χ1) is 18.1. The van der Waals surface area contributed by atoms with Gasteiger partial charge in [-0.15, -0.1) is 24.4 Å². The summed E-state index contributed by atoms with van der Waals surface area (Å²) >= 11 is 1.63. The van der Waals surface area contributed by atoms with Crippen molar-refractivity contribution in [3.8, 4) is 22.1 Å². The average Bonchev–Trinajstić information content (AvgIpc) is 3.34. The van der Waals surface area contributed by atoms with E-state index in [0.29, 0.717) is 38.5 Å². The number of ether oxygens (including phenoxy) is 1. The minimum atomic E-state index is 0. The summed E-state index contributed by atoms with van der Waals surface area (Å²) in [6.07, 6.45) is 0. The minimum absolute atomic E-state index is 0. The predicted molar refractivity (Wildman–Crippen MR) is 145 cm³/mol. The largest absolute Gasteiger partial charge is 2.00 e. The number of pyridine rings is 2. The smallest absolute Gasteiger partial charge is 0.652 e. The molecule has 7 nitrogen and oxygen atoms in total. The summed E-state index contributed by atoms with van der Waals surface area (Å²) in [5, 5.41) is 16.6. The van der Waals surface area contributed by atoms with Gasteiger partial charge in [-0.1, -0.05) is 24.3 Å². The number of hydrogen-bond donors (Lipinski definition) is 1. The Kier molecular flexibility index (Phi) is 8.02. The standard InChI is InChI=1S/C29H26N5O2S.Cu/c1-36-26-13-19(29-33-25-10-2-3-11-27(25)37-29)12-20(28(26)35)16-34-17-23-8-4-6-21(31-23)14-30-15-22-7-5-9-24(18-34)32-22;/h2-13,35H,14-18H2,1H3;/q-1;+2. The van der Waals surface area contributed by atoms with Crippen molar-refractivity contribution < 1.29 is 26.9 Å². The summed E-state index contributed by atoms with van der Waals surface area (Å²) in [4.78, 5) is 16.7. The van der Waals surface area contributed by atoms with Gasteiger partial charge in [0.05, 0.1) is 28.7 Å². The third-order valence-corrected chi connectivity index (χ3v) is 7.44. The van der Waals surface area contributed by atoms with E-state index < -0.39 is 0 Å². The van der Waals surface area contributed by atoms with Crippen LogP contribution in [-0.4, -0.2) is 32.1 Å². The number of fused-ring (bicyclic) bond motifs is 5. The Hall–Kier alpha value is -3.33. The number of para-hydroxylation sites is 1. The van der Waals surface area contributed by atoms with E-state index in [2.05, 4.69) is 16.3 Å². The third-order valence-electron chi connectivity index (χ3n) is 6.36. The second-order valence-corrected chi connectivity index (χ2v) is 10.1. The molecule has 0 spiro atoms. The van der Waals surface area contributed by atoms with Crippen molar-refractivity contribution in [1.82, 2.24) is 19.9 Å². The number of thiazole rings is 1. The summed E-state index contributed by atoms with van der Waals surface area (Å²) in [6, 6.07) is 24.1. The Balaban J connectivity index is 0.00000294. The van der Waals surface area contributed by atoms with E-state index in [1.165, 1.54) is 0 Å². The first-order valence-electron chi connectivity index (χ1n) is 12.2. The Morgan fingerprint density at radius 2 is 1.53 bits per heavy atom. The van der Waals surface area contributed by atoms with Gasteiger partial charge in [0.1, 0.15) is 5.01 Å². The molecule has 0 fully saturated rings. The maximum atomic E-state index is 11.1. The molecule has 195 valence electrons. The Morgan fingerprint density at radius 3 is 2.18 bits per heavy atom. The molecule has 0 amide bonds. The molecular formula is C29H26CuN5O2S+. The summed E-state index contributed by atoms with van der Waals surface area (Å²) in [6.45, 7) is 2.81. The molecule has 3 aromatic heterocycles. The van der Waals surface area contributed by atoms with E-state index >= 15 is 0 Å². The van der Waals surface area contributed by atoms with Crippen LogP contribution in [0, 0.1) is 0 Å². The fourth-order valence-corrected chi connectivity index (χ4v) is 5.58. The van der Waals surface area contributed by atoms with Crippen LogP contribution in [0.5, 0.6) is 11.5 Å². The number of rotatable bonds is 4. The Morgan fingerprint density at radius 1 is 0.868 bits per heavy atom. The first kappa shape index (κ1) is 26.3. The quantitative estimate of drug-likeness (QED) is 0.264. The molecule has 0 saturated carbocycles. The zero-order valence-electron chi connectivity index (χ0n) is 20.8. The van der Waals surface area contributed by atoms with Crippen LogP contribution in [0.25, 0.3) is 26.1 Å². The molecule has 1 aliphatic heterocycles. The maximum Gasteiger partial charge on any atom is 2.00 e. The molecule has 4 heterocycles. The van der Waals surface area contributed by atoms with E-state index in [0.717, 1.165) is 49.1 Å². The van der Waals surface area contributed by atoms with Gasteiger partial charge in [0, 0.05) is 42.1 Å². The third kappa shape index (κ3) is 5.72. The van der Waals surface area contributed by atoms with Crippen LogP contribution >= 0.6 is 11.3 Å². The van der Waals surface area contributed by atoms with Gasteiger partial charge in [-0.3, -0.25) is 14.9 Å². The summed E-state index contributed by atoms with van der Waals surface area (Å²) in [7, 11) is 1.58. The normalized spacial score (nSPS) is 13.8. The number of hydrogen-bond acceptors (Lipinski definition) is 7. The number of methoxy groups -OCH3 is 1. The monoisotopic (exact) mass is 571 g/mol. The Labute approximate surface area is 236 Å². The van der Waals surface area contributed by atoms with Crippen LogP contribution in [0.2, 0.25) is 0 Å². The second kappa shape index (κ2) is 11.6. The van der Waals surface area contributed by atoms with E-state index in [1.54, 1.807) is 18.4 Å². The van der Waals surface area contributed by atoms with E-state index in [4.69, 9.17) is 19.7 Å². The molecule has 1 N–H and O–H groups in total. The molecule has 0 unspecified atom stereocenters. The molecule has 0 aliphatic carbocycles. The van der Waals surface area contributed by atoms with Gasteiger partial charge < -0.3 is 15.2 Å². The molecule has 1 radical (unpaired) electrons. The van der Waals surface area contributed by atoms with E-state index in [-0.39, 0.29) is 22.8 Å². The van der Waals surface area contributed by atoms with Crippen molar-refractivity contribution in [1.29, 1.82) is 0 Å². The van der Waals surface area contributed by atoms with Crippen molar-refractivity contribution in [3.63, 3.8) is 0 Å². The molecule has 38 heavy (non-hydrogen) atoms. The fourth-order valence-electron chi connectivity index (χ4n) is 4.62. The van der Waals surface area contributed by atoms with Gasteiger partial charge >= 0.3 is 17.1 Å². The number of phenols is 1. The van der Waals surface area contributed by atoms with E-state index in [9.17, 15) is 5.11 Å². The molecule has 0 atom stereocenters. The van der Waals surface area contributed by atoms with Gasteiger partial charge in [-0.25, -0.2) is 4.98 Å². The summed E-state index contributed by atoms with van der Waals surface area (Å²) in [5.74, 6) is 0.573. The van der Waals surface area contributed by atoms with Crippen molar-refractivity contribution in [2.45, 2.75) is 32.7 Å². The molecular weight excluding hydrogens is 546 g/mol.